The second-order valence-corrected chi connectivity index (χ2v) is 16.0. The van der Waals surface area contributed by atoms with Gasteiger partial charge in [-0.2, -0.15) is 0 Å². The van der Waals surface area contributed by atoms with E-state index >= 15 is 0 Å². The van der Waals surface area contributed by atoms with Crippen molar-refractivity contribution in [3.05, 3.63) is 57.5 Å². The maximum Gasteiger partial charge on any atom is 0.410 e. The highest BCUT2D eigenvalue weighted by atomic mass is 32.1. The van der Waals surface area contributed by atoms with E-state index in [9.17, 15) is 9.59 Å². The number of benzene rings is 1. The molecule has 47 heavy (non-hydrogen) atoms. The molecule has 0 N–H and O–H groups in total. The van der Waals surface area contributed by atoms with Gasteiger partial charge in [-0.25, -0.2) is 4.79 Å². The Hall–Kier alpha value is -3.77. The summed E-state index contributed by atoms with van der Waals surface area (Å²) in [4.78, 5) is 38.6. The van der Waals surface area contributed by atoms with Gasteiger partial charge in [0.1, 0.15) is 28.1 Å². The summed E-state index contributed by atoms with van der Waals surface area (Å²) < 4.78 is 13.3. The van der Waals surface area contributed by atoms with Crippen molar-refractivity contribution in [2.45, 2.75) is 92.0 Å². The first kappa shape index (κ1) is 33.1. The van der Waals surface area contributed by atoms with E-state index in [1.165, 1.54) is 16.1 Å². The van der Waals surface area contributed by atoms with Crippen LogP contribution in [0.2, 0.25) is 0 Å². The summed E-state index contributed by atoms with van der Waals surface area (Å²) in [6.07, 6.45) is -0.149. The minimum Gasteiger partial charge on any atom is -0.460 e. The molecule has 252 valence electrons. The zero-order valence-corrected chi connectivity index (χ0v) is 29.9. The molecule has 5 heterocycles. The molecular formula is C35H47N7O4S. The van der Waals surface area contributed by atoms with Crippen LogP contribution in [-0.4, -0.2) is 98.9 Å². The van der Waals surface area contributed by atoms with Gasteiger partial charge in [0.05, 0.1) is 12.1 Å². The van der Waals surface area contributed by atoms with Gasteiger partial charge in [-0.15, -0.1) is 21.5 Å². The molecule has 2 aromatic heterocycles. The zero-order valence-electron chi connectivity index (χ0n) is 29.1. The number of aromatic nitrogens is 3. The number of hydrogen-bond acceptors (Lipinski definition) is 10. The van der Waals surface area contributed by atoms with Gasteiger partial charge in [-0.3, -0.25) is 19.3 Å². The summed E-state index contributed by atoms with van der Waals surface area (Å²) in [7, 11) is 0. The fourth-order valence-corrected chi connectivity index (χ4v) is 7.62. The Kier molecular flexibility index (Phi) is 8.71. The average molecular weight is 662 g/mol. The third-order valence-electron chi connectivity index (χ3n) is 8.87. The molecule has 0 spiro atoms. The molecule has 1 aromatic carbocycles. The highest BCUT2D eigenvalue weighted by Gasteiger charge is 2.38. The van der Waals surface area contributed by atoms with E-state index in [0.717, 1.165) is 66.9 Å². The molecule has 1 amide bonds. The minimum absolute atomic E-state index is 0.0742. The van der Waals surface area contributed by atoms with Crippen LogP contribution in [-0.2, 0) is 14.3 Å². The predicted molar refractivity (Wildman–Crippen MR) is 184 cm³/mol. The number of aryl methyl sites for hydroxylation is 2. The first-order valence-electron chi connectivity index (χ1n) is 16.5. The molecule has 0 radical (unpaired) electrons. The van der Waals surface area contributed by atoms with Crippen molar-refractivity contribution in [1.29, 1.82) is 0 Å². The van der Waals surface area contributed by atoms with Crippen LogP contribution in [0.25, 0.3) is 5.00 Å². The lowest BCUT2D eigenvalue weighted by molar-refractivity contribution is -0.155. The molecule has 3 aliphatic rings. The molecule has 2 fully saturated rings. The van der Waals surface area contributed by atoms with Crippen LogP contribution in [0.5, 0.6) is 0 Å². The largest absolute Gasteiger partial charge is 0.460 e. The van der Waals surface area contributed by atoms with Crippen LogP contribution in [0.15, 0.2) is 29.3 Å². The Morgan fingerprint density at radius 1 is 0.894 bits per heavy atom. The number of rotatable bonds is 5. The molecule has 12 heteroatoms. The second kappa shape index (κ2) is 12.4. The topological polar surface area (TPSA) is 105 Å². The number of esters is 1. The summed E-state index contributed by atoms with van der Waals surface area (Å²) in [6.45, 7) is 22.7. The minimum atomic E-state index is -0.593. The first-order valence-corrected chi connectivity index (χ1v) is 17.3. The number of likely N-dealkylation sites (tertiary alicyclic amines) is 1. The monoisotopic (exact) mass is 661 g/mol. The number of nitrogens with zero attached hydrogens (tertiary/aromatic N) is 7. The third kappa shape index (κ3) is 6.94. The van der Waals surface area contributed by atoms with E-state index in [0.29, 0.717) is 11.9 Å². The molecule has 1 atom stereocenters. The van der Waals surface area contributed by atoms with Gasteiger partial charge >= 0.3 is 12.1 Å². The molecule has 0 bridgehead atoms. The van der Waals surface area contributed by atoms with Crippen LogP contribution in [0, 0.1) is 20.8 Å². The maximum absolute atomic E-state index is 13.1. The predicted octanol–water partition coefficient (Wildman–Crippen LogP) is 5.62. The summed E-state index contributed by atoms with van der Waals surface area (Å²) >= 11 is 1.70. The Morgan fingerprint density at radius 2 is 1.53 bits per heavy atom. The van der Waals surface area contributed by atoms with Crippen molar-refractivity contribution in [3.63, 3.8) is 0 Å². The number of amides is 1. The Morgan fingerprint density at radius 3 is 2.15 bits per heavy atom. The maximum atomic E-state index is 13.1. The summed E-state index contributed by atoms with van der Waals surface area (Å²) in [5.41, 5.74) is 4.19. The van der Waals surface area contributed by atoms with Gasteiger partial charge < -0.3 is 19.3 Å². The van der Waals surface area contributed by atoms with Crippen molar-refractivity contribution in [2.24, 2.45) is 4.99 Å². The number of fused-ring (bicyclic) bond motifs is 3. The fraction of sp³-hybridized carbons (Fsp3) is 0.571. The lowest BCUT2D eigenvalue weighted by Crippen LogP contribution is -2.64. The van der Waals surface area contributed by atoms with Crippen molar-refractivity contribution >= 4 is 34.8 Å². The van der Waals surface area contributed by atoms with Crippen molar-refractivity contribution < 1.29 is 19.1 Å². The SMILES string of the molecule is Cc1sc2c(c1C)C(c1ccc(N3CCN(C4CN(C(=O)OC(C)(C)C)C4)CC3)cc1)=N[C@@H](CC(=O)OC(C)(C)C)c1nnc(C)n1-2. The van der Waals surface area contributed by atoms with Crippen molar-refractivity contribution in [3.8, 4) is 5.00 Å². The van der Waals surface area contributed by atoms with Gasteiger partial charge in [-0.1, -0.05) is 12.1 Å². The number of thiophene rings is 1. The van der Waals surface area contributed by atoms with Crippen LogP contribution >= 0.6 is 11.3 Å². The Bertz CT molecular complexity index is 1680. The normalized spacial score (nSPS) is 19.0. The van der Waals surface area contributed by atoms with Crippen LogP contribution in [0.1, 0.15) is 87.2 Å². The highest BCUT2D eigenvalue weighted by molar-refractivity contribution is 7.15. The standard InChI is InChI=1S/C35H47N7O4S/c1-21-22(2)47-32-29(21)30(36-27(18-28(43)45-34(4,5)6)31-38-37-23(3)42(31)32)24-10-12-25(13-11-24)39-14-16-40(17-15-39)26-19-41(20-26)33(44)46-35(7,8)9/h10-13,26-27H,14-20H2,1-9H3/t27-/m0/s1. The van der Waals surface area contributed by atoms with Crippen molar-refractivity contribution in [1.82, 2.24) is 24.6 Å². The molecular weight excluding hydrogens is 614 g/mol. The van der Waals surface area contributed by atoms with Gasteiger partial charge in [0.25, 0.3) is 0 Å². The summed E-state index contributed by atoms with van der Waals surface area (Å²) in [5, 5.41) is 9.93. The Labute approximate surface area is 281 Å². The third-order valence-corrected chi connectivity index (χ3v) is 10.1. The molecule has 0 aliphatic carbocycles. The smallest absolute Gasteiger partial charge is 0.410 e. The molecule has 6 rings (SSSR count). The van der Waals surface area contributed by atoms with E-state index in [2.05, 4.69) is 62.7 Å². The van der Waals surface area contributed by atoms with E-state index in [1.54, 1.807) is 16.2 Å². The van der Waals surface area contributed by atoms with Crippen LogP contribution in [0.3, 0.4) is 0 Å². The molecule has 3 aliphatic heterocycles. The van der Waals surface area contributed by atoms with Gasteiger partial charge in [0.15, 0.2) is 5.82 Å². The molecule has 11 nitrogen and oxygen atoms in total. The zero-order chi connectivity index (χ0) is 33.8. The Balaban J connectivity index is 1.19. The number of carbonyl (C=O) groups excluding carboxylic acids is 2. The lowest BCUT2D eigenvalue weighted by Gasteiger charge is -2.48. The highest BCUT2D eigenvalue weighted by Crippen LogP contribution is 2.40. The van der Waals surface area contributed by atoms with Gasteiger partial charge in [0, 0.05) is 67.0 Å². The van der Waals surface area contributed by atoms with E-state index < -0.39 is 17.2 Å². The van der Waals surface area contributed by atoms with Crippen LogP contribution < -0.4 is 4.90 Å². The van der Waals surface area contributed by atoms with Gasteiger partial charge in [0.2, 0.25) is 0 Å². The van der Waals surface area contributed by atoms with Crippen molar-refractivity contribution in [2.75, 3.05) is 44.2 Å². The average Bonchev–Trinajstić information content (AvgIpc) is 3.42. The number of hydrogen-bond donors (Lipinski definition) is 0. The first-order chi connectivity index (χ1) is 22.1. The van der Waals surface area contributed by atoms with Gasteiger partial charge in [-0.05, 0) is 80.0 Å². The summed E-state index contributed by atoms with van der Waals surface area (Å²) in [5.74, 6) is 1.10. The van der Waals surface area contributed by atoms with E-state index in [1.807, 2.05) is 48.5 Å². The molecule has 3 aromatic rings. The number of piperazine rings is 1. The molecule has 0 saturated carbocycles. The number of anilines is 1. The fourth-order valence-electron chi connectivity index (χ4n) is 6.40. The number of aliphatic imine (C=N–C) groups is 1. The number of carbonyl (C=O) groups is 2. The molecule has 2 saturated heterocycles. The van der Waals surface area contributed by atoms with Crippen LogP contribution in [0.4, 0.5) is 10.5 Å². The van der Waals surface area contributed by atoms with E-state index in [4.69, 9.17) is 14.5 Å². The quantitative estimate of drug-likeness (QED) is 0.325. The molecule has 0 unspecified atom stereocenters. The lowest BCUT2D eigenvalue weighted by atomic mass is 9.99. The number of ether oxygens (including phenoxy) is 2. The second-order valence-electron chi connectivity index (χ2n) is 14.8. The van der Waals surface area contributed by atoms with E-state index in [-0.39, 0.29) is 18.5 Å². The summed E-state index contributed by atoms with van der Waals surface area (Å²) in [6, 6.07) is 8.49.